The number of hydrogen-bond acceptors (Lipinski definition) is 2. The van der Waals surface area contributed by atoms with Crippen LogP contribution < -0.4 is 10.6 Å². The van der Waals surface area contributed by atoms with Gasteiger partial charge in [-0.3, -0.25) is 4.79 Å². The smallest absolute Gasteiger partial charge is 0.222 e. The standard InChI is InChI=1S/C16H26N2O/c1-11(2)16(19)18-7-6-17-10-15-9-13(4)12(3)8-14(15)5/h8-9,11,17H,6-7,10H2,1-5H3,(H,18,19). The van der Waals surface area contributed by atoms with Gasteiger partial charge in [0.15, 0.2) is 0 Å². The number of hydrogen-bond donors (Lipinski definition) is 2. The second-order valence-electron chi connectivity index (χ2n) is 5.49. The van der Waals surface area contributed by atoms with Crippen LogP contribution in [0.5, 0.6) is 0 Å². The fraction of sp³-hybridized carbons (Fsp3) is 0.562. The van der Waals surface area contributed by atoms with E-state index in [1.165, 1.54) is 22.3 Å². The zero-order chi connectivity index (χ0) is 14.4. The SMILES string of the molecule is Cc1cc(C)c(CNCCNC(=O)C(C)C)cc1C. The van der Waals surface area contributed by atoms with Gasteiger partial charge in [0.2, 0.25) is 5.91 Å². The van der Waals surface area contributed by atoms with Crippen LogP contribution in [0.3, 0.4) is 0 Å². The molecular formula is C16H26N2O. The molecule has 1 aromatic rings. The first-order valence-electron chi connectivity index (χ1n) is 6.97. The Morgan fingerprint density at radius 2 is 1.68 bits per heavy atom. The molecule has 0 radical (unpaired) electrons. The van der Waals surface area contributed by atoms with Crippen LogP contribution in [0.15, 0.2) is 12.1 Å². The largest absolute Gasteiger partial charge is 0.355 e. The van der Waals surface area contributed by atoms with Gasteiger partial charge in [-0.05, 0) is 43.0 Å². The Kier molecular flexibility index (Phi) is 6.03. The zero-order valence-corrected chi connectivity index (χ0v) is 12.8. The summed E-state index contributed by atoms with van der Waals surface area (Å²) >= 11 is 0. The highest BCUT2D eigenvalue weighted by molar-refractivity contribution is 5.77. The predicted molar refractivity (Wildman–Crippen MR) is 80.2 cm³/mol. The fourth-order valence-electron chi connectivity index (χ4n) is 1.91. The normalized spacial score (nSPS) is 10.8. The average molecular weight is 262 g/mol. The lowest BCUT2D eigenvalue weighted by atomic mass is 10.0. The van der Waals surface area contributed by atoms with Crippen LogP contribution >= 0.6 is 0 Å². The summed E-state index contributed by atoms with van der Waals surface area (Å²) in [5.41, 5.74) is 5.32. The number of aryl methyl sites for hydroxylation is 3. The summed E-state index contributed by atoms with van der Waals surface area (Å²) < 4.78 is 0. The van der Waals surface area contributed by atoms with E-state index in [1.807, 2.05) is 13.8 Å². The quantitative estimate of drug-likeness (QED) is 0.773. The monoisotopic (exact) mass is 262 g/mol. The molecule has 106 valence electrons. The van der Waals surface area contributed by atoms with Crippen molar-refractivity contribution in [3.05, 3.63) is 34.4 Å². The van der Waals surface area contributed by atoms with Gasteiger partial charge in [0.25, 0.3) is 0 Å². The number of benzene rings is 1. The first-order valence-corrected chi connectivity index (χ1v) is 6.97. The second-order valence-corrected chi connectivity index (χ2v) is 5.49. The minimum atomic E-state index is 0.0574. The van der Waals surface area contributed by atoms with Crippen molar-refractivity contribution in [3.8, 4) is 0 Å². The minimum absolute atomic E-state index is 0.0574. The molecule has 1 amide bonds. The van der Waals surface area contributed by atoms with Crippen molar-refractivity contribution in [2.75, 3.05) is 13.1 Å². The fourth-order valence-corrected chi connectivity index (χ4v) is 1.91. The van der Waals surface area contributed by atoms with E-state index in [-0.39, 0.29) is 11.8 Å². The van der Waals surface area contributed by atoms with Crippen molar-refractivity contribution in [1.29, 1.82) is 0 Å². The Morgan fingerprint density at radius 1 is 1.05 bits per heavy atom. The maximum absolute atomic E-state index is 11.4. The van der Waals surface area contributed by atoms with E-state index < -0.39 is 0 Å². The van der Waals surface area contributed by atoms with Crippen LogP contribution in [-0.4, -0.2) is 19.0 Å². The molecular weight excluding hydrogens is 236 g/mol. The van der Waals surface area contributed by atoms with Crippen molar-refractivity contribution < 1.29 is 4.79 Å². The highest BCUT2D eigenvalue weighted by Gasteiger charge is 2.05. The highest BCUT2D eigenvalue weighted by Crippen LogP contribution is 2.14. The molecule has 3 nitrogen and oxygen atoms in total. The van der Waals surface area contributed by atoms with Crippen molar-refractivity contribution in [1.82, 2.24) is 10.6 Å². The third-order valence-electron chi connectivity index (χ3n) is 3.39. The summed E-state index contributed by atoms with van der Waals surface area (Å²) in [5, 5.41) is 6.27. The second kappa shape index (κ2) is 7.29. The summed E-state index contributed by atoms with van der Waals surface area (Å²) in [4.78, 5) is 11.4. The molecule has 0 saturated heterocycles. The molecule has 0 aliphatic rings. The summed E-state index contributed by atoms with van der Waals surface area (Å²) in [6.07, 6.45) is 0. The van der Waals surface area contributed by atoms with Gasteiger partial charge in [0.1, 0.15) is 0 Å². The first-order chi connectivity index (χ1) is 8.91. The third kappa shape index (κ3) is 5.03. The van der Waals surface area contributed by atoms with Crippen LogP contribution in [0.25, 0.3) is 0 Å². The lowest BCUT2D eigenvalue weighted by Gasteiger charge is -2.12. The molecule has 0 fully saturated rings. The average Bonchev–Trinajstić information content (AvgIpc) is 2.34. The molecule has 0 spiro atoms. The predicted octanol–water partition coefficient (Wildman–Crippen LogP) is 2.47. The topological polar surface area (TPSA) is 41.1 Å². The number of rotatable bonds is 6. The van der Waals surface area contributed by atoms with Crippen molar-refractivity contribution >= 4 is 5.91 Å². The van der Waals surface area contributed by atoms with Crippen LogP contribution in [0, 0.1) is 26.7 Å². The van der Waals surface area contributed by atoms with Gasteiger partial charge in [-0.1, -0.05) is 26.0 Å². The highest BCUT2D eigenvalue weighted by atomic mass is 16.1. The van der Waals surface area contributed by atoms with Crippen molar-refractivity contribution in [3.63, 3.8) is 0 Å². The number of amides is 1. The van der Waals surface area contributed by atoms with Crippen LogP contribution in [0.1, 0.15) is 36.1 Å². The maximum Gasteiger partial charge on any atom is 0.222 e. The summed E-state index contributed by atoms with van der Waals surface area (Å²) in [7, 11) is 0. The van der Waals surface area contributed by atoms with Gasteiger partial charge in [-0.15, -0.1) is 0 Å². The molecule has 0 unspecified atom stereocenters. The van der Waals surface area contributed by atoms with E-state index in [2.05, 4.69) is 43.5 Å². The lowest BCUT2D eigenvalue weighted by molar-refractivity contribution is -0.123. The van der Waals surface area contributed by atoms with E-state index in [9.17, 15) is 4.79 Å². The summed E-state index contributed by atoms with van der Waals surface area (Å²) in [6.45, 7) is 12.6. The molecule has 0 bridgehead atoms. The summed E-state index contributed by atoms with van der Waals surface area (Å²) in [6, 6.07) is 4.47. The zero-order valence-electron chi connectivity index (χ0n) is 12.8. The van der Waals surface area contributed by atoms with E-state index in [4.69, 9.17) is 0 Å². The van der Waals surface area contributed by atoms with Gasteiger partial charge >= 0.3 is 0 Å². The van der Waals surface area contributed by atoms with Gasteiger partial charge in [0, 0.05) is 25.6 Å². The molecule has 0 aromatic heterocycles. The molecule has 0 saturated carbocycles. The lowest BCUT2D eigenvalue weighted by Crippen LogP contribution is -2.34. The van der Waals surface area contributed by atoms with E-state index in [0.717, 1.165) is 13.1 Å². The molecule has 1 aromatic carbocycles. The maximum atomic E-state index is 11.4. The third-order valence-corrected chi connectivity index (χ3v) is 3.39. The Morgan fingerprint density at radius 3 is 2.32 bits per heavy atom. The molecule has 0 aliphatic carbocycles. The Labute approximate surface area is 116 Å². The Hall–Kier alpha value is -1.35. The molecule has 0 atom stereocenters. The Balaban J connectivity index is 2.34. The van der Waals surface area contributed by atoms with E-state index in [0.29, 0.717) is 6.54 Å². The van der Waals surface area contributed by atoms with Gasteiger partial charge < -0.3 is 10.6 Å². The van der Waals surface area contributed by atoms with Crippen molar-refractivity contribution in [2.24, 2.45) is 5.92 Å². The summed E-state index contributed by atoms with van der Waals surface area (Å²) in [5.74, 6) is 0.172. The van der Waals surface area contributed by atoms with Crippen LogP contribution in [0.4, 0.5) is 0 Å². The van der Waals surface area contributed by atoms with Crippen molar-refractivity contribution in [2.45, 2.75) is 41.2 Å². The molecule has 2 N–H and O–H groups in total. The Bertz CT molecular complexity index is 439. The number of nitrogens with one attached hydrogen (secondary N) is 2. The molecule has 0 heterocycles. The van der Waals surface area contributed by atoms with Crippen LogP contribution in [-0.2, 0) is 11.3 Å². The minimum Gasteiger partial charge on any atom is -0.355 e. The van der Waals surface area contributed by atoms with Crippen LogP contribution in [0.2, 0.25) is 0 Å². The van der Waals surface area contributed by atoms with Gasteiger partial charge in [-0.2, -0.15) is 0 Å². The molecule has 1 rings (SSSR count). The first kappa shape index (κ1) is 15.7. The van der Waals surface area contributed by atoms with E-state index in [1.54, 1.807) is 0 Å². The molecule has 19 heavy (non-hydrogen) atoms. The molecule has 0 aliphatic heterocycles. The number of carbonyl (C=O) groups excluding carboxylic acids is 1. The van der Waals surface area contributed by atoms with Gasteiger partial charge in [0.05, 0.1) is 0 Å². The number of carbonyl (C=O) groups is 1. The van der Waals surface area contributed by atoms with E-state index >= 15 is 0 Å². The van der Waals surface area contributed by atoms with Gasteiger partial charge in [-0.25, -0.2) is 0 Å². The molecule has 3 heteroatoms.